The molecule has 1 heterocycles. The maximum Gasteiger partial charge on any atom is 0.252 e. The summed E-state index contributed by atoms with van der Waals surface area (Å²) in [6.45, 7) is 8.38. The predicted octanol–water partition coefficient (Wildman–Crippen LogP) is 4.74. The van der Waals surface area contributed by atoms with E-state index in [1.165, 1.54) is 11.8 Å². The van der Waals surface area contributed by atoms with Gasteiger partial charge in [-0.25, -0.2) is 0 Å². The van der Waals surface area contributed by atoms with Crippen LogP contribution in [0.2, 0.25) is 0 Å². The van der Waals surface area contributed by atoms with E-state index < -0.39 is 0 Å². The second kappa shape index (κ2) is 11.0. The summed E-state index contributed by atoms with van der Waals surface area (Å²) in [4.78, 5) is 25.1. The highest BCUT2D eigenvalue weighted by molar-refractivity contribution is 14.1. The Hall–Kier alpha value is -2.40. The number of aromatic nitrogens is 3. The third-order valence-corrected chi connectivity index (χ3v) is 6.62. The van der Waals surface area contributed by atoms with Crippen molar-refractivity contribution < 1.29 is 9.59 Å². The van der Waals surface area contributed by atoms with Crippen LogP contribution in [0.25, 0.3) is 0 Å². The predicted molar refractivity (Wildman–Crippen MR) is 136 cm³/mol. The molecule has 0 radical (unpaired) electrons. The summed E-state index contributed by atoms with van der Waals surface area (Å²) >= 11 is 3.57. The Morgan fingerprint density at radius 2 is 1.88 bits per heavy atom. The lowest BCUT2D eigenvalue weighted by atomic mass is 10.1. The van der Waals surface area contributed by atoms with Gasteiger partial charge in [-0.2, -0.15) is 0 Å². The average molecular weight is 563 g/mol. The van der Waals surface area contributed by atoms with Crippen molar-refractivity contribution in [1.82, 2.24) is 20.1 Å². The fourth-order valence-corrected chi connectivity index (χ4v) is 4.73. The summed E-state index contributed by atoms with van der Waals surface area (Å²) in [7, 11) is 0. The largest absolute Gasteiger partial charge is 0.342 e. The molecule has 2 aromatic carbocycles. The van der Waals surface area contributed by atoms with Gasteiger partial charge >= 0.3 is 0 Å². The molecule has 3 aromatic rings. The maximum atomic E-state index is 12.7. The molecular formula is C23H26IN5O2S. The van der Waals surface area contributed by atoms with Gasteiger partial charge in [0.05, 0.1) is 11.8 Å². The van der Waals surface area contributed by atoms with E-state index in [0.717, 1.165) is 20.4 Å². The molecule has 1 aromatic heterocycles. The number of carbonyl (C=O) groups is 2. The third-order valence-electron chi connectivity index (χ3n) is 4.98. The average Bonchev–Trinajstić information content (AvgIpc) is 3.17. The Bertz CT molecular complexity index is 1130. The Kier molecular flexibility index (Phi) is 8.30. The van der Waals surface area contributed by atoms with Crippen LogP contribution >= 0.6 is 34.4 Å². The Morgan fingerprint density at radius 1 is 1.12 bits per heavy atom. The van der Waals surface area contributed by atoms with E-state index in [-0.39, 0.29) is 23.6 Å². The summed E-state index contributed by atoms with van der Waals surface area (Å²) in [5.41, 5.74) is 3.38. The van der Waals surface area contributed by atoms with Gasteiger partial charge < -0.3 is 15.2 Å². The quantitative estimate of drug-likeness (QED) is 0.306. The van der Waals surface area contributed by atoms with E-state index in [1.807, 2.05) is 68.7 Å². The van der Waals surface area contributed by atoms with Crippen LogP contribution in [-0.4, -0.2) is 32.3 Å². The number of carbonyl (C=O) groups excluding carboxylic acids is 2. The number of aryl methyl sites for hydroxylation is 2. The van der Waals surface area contributed by atoms with Crippen LogP contribution in [0.15, 0.2) is 47.6 Å². The first-order valence-electron chi connectivity index (χ1n) is 10.3. The molecule has 32 heavy (non-hydrogen) atoms. The van der Waals surface area contributed by atoms with Gasteiger partial charge in [0.2, 0.25) is 5.91 Å². The van der Waals surface area contributed by atoms with Crippen molar-refractivity contribution in [3.8, 4) is 0 Å². The lowest BCUT2D eigenvalue weighted by Gasteiger charge is -2.16. The third kappa shape index (κ3) is 5.89. The van der Waals surface area contributed by atoms with Crippen LogP contribution in [-0.2, 0) is 11.3 Å². The van der Waals surface area contributed by atoms with Crippen molar-refractivity contribution in [3.05, 3.63) is 68.5 Å². The summed E-state index contributed by atoms with van der Waals surface area (Å²) in [6.07, 6.45) is 0. The van der Waals surface area contributed by atoms with E-state index >= 15 is 0 Å². The van der Waals surface area contributed by atoms with Gasteiger partial charge in [-0.05, 0) is 85.7 Å². The van der Waals surface area contributed by atoms with Gasteiger partial charge in [-0.15, -0.1) is 10.2 Å². The van der Waals surface area contributed by atoms with Gasteiger partial charge in [0, 0.05) is 21.4 Å². The molecule has 2 amide bonds. The van der Waals surface area contributed by atoms with Crippen molar-refractivity contribution in [2.75, 3.05) is 11.1 Å². The SMILES string of the molecule is CCn1c(SCC(=O)Nc2ccc(I)cc2C)nnc1[C@H](C)NC(=O)c1ccccc1C. The summed E-state index contributed by atoms with van der Waals surface area (Å²) in [5.74, 6) is 0.619. The van der Waals surface area contributed by atoms with Gasteiger partial charge in [-0.1, -0.05) is 30.0 Å². The van der Waals surface area contributed by atoms with E-state index in [4.69, 9.17) is 0 Å². The van der Waals surface area contributed by atoms with Crippen molar-refractivity contribution >= 4 is 51.9 Å². The lowest BCUT2D eigenvalue weighted by molar-refractivity contribution is -0.113. The van der Waals surface area contributed by atoms with E-state index in [9.17, 15) is 9.59 Å². The molecular weight excluding hydrogens is 537 g/mol. The monoisotopic (exact) mass is 563 g/mol. The number of nitrogens with zero attached hydrogens (tertiary/aromatic N) is 3. The minimum atomic E-state index is -0.327. The zero-order valence-electron chi connectivity index (χ0n) is 18.5. The minimum absolute atomic E-state index is 0.104. The first-order valence-corrected chi connectivity index (χ1v) is 12.3. The van der Waals surface area contributed by atoms with Gasteiger partial charge in [0.15, 0.2) is 11.0 Å². The van der Waals surface area contributed by atoms with Crippen molar-refractivity contribution in [1.29, 1.82) is 0 Å². The van der Waals surface area contributed by atoms with Crippen LogP contribution in [0.3, 0.4) is 0 Å². The first-order chi connectivity index (χ1) is 15.3. The number of hydrogen-bond donors (Lipinski definition) is 2. The fraction of sp³-hybridized carbons (Fsp3) is 0.304. The highest BCUT2D eigenvalue weighted by Crippen LogP contribution is 2.22. The van der Waals surface area contributed by atoms with Crippen LogP contribution in [0, 0.1) is 17.4 Å². The maximum absolute atomic E-state index is 12.7. The number of nitrogens with one attached hydrogen (secondary N) is 2. The number of benzene rings is 2. The molecule has 0 saturated heterocycles. The second-order valence-electron chi connectivity index (χ2n) is 7.39. The molecule has 1 atom stereocenters. The normalized spacial score (nSPS) is 11.8. The number of halogens is 1. The fourth-order valence-electron chi connectivity index (χ4n) is 3.27. The molecule has 168 valence electrons. The molecule has 3 rings (SSSR count). The summed E-state index contributed by atoms with van der Waals surface area (Å²) in [6, 6.07) is 13.0. The van der Waals surface area contributed by atoms with Crippen molar-refractivity contribution in [3.63, 3.8) is 0 Å². The van der Waals surface area contributed by atoms with E-state index in [1.54, 1.807) is 6.07 Å². The van der Waals surface area contributed by atoms with Gasteiger partial charge in [-0.3, -0.25) is 9.59 Å². The molecule has 0 fully saturated rings. The molecule has 0 aliphatic heterocycles. The topological polar surface area (TPSA) is 88.9 Å². The molecule has 9 heteroatoms. The van der Waals surface area contributed by atoms with Crippen molar-refractivity contribution in [2.24, 2.45) is 0 Å². The highest BCUT2D eigenvalue weighted by atomic mass is 127. The van der Waals surface area contributed by atoms with Crippen LogP contribution in [0.5, 0.6) is 0 Å². The van der Waals surface area contributed by atoms with Crippen molar-refractivity contribution in [2.45, 2.75) is 45.4 Å². The zero-order valence-corrected chi connectivity index (χ0v) is 21.5. The number of rotatable bonds is 8. The molecule has 0 aliphatic rings. The number of anilines is 1. The van der Waals surface area contributed by atoms with Crippen LogP contribution in [0.1, 0.15) is 47.2 Å². The molecule has 0 spiro atoms. The molecule has 0 unspecified atom stereocenters. The standard InChI is InChI=1S/C23H26IN5O2S/c1-5-29-21(16(4)25-22(31)18-9-7-6-8-14(18)2)27-28-23(29)32-13-20(30)26-19-11-10-17(24)12-15(19)3/h6-12,16H,5,13H2,1-4H3,(H,25,31)(H,26,30)/t16-/m0/s1. The smallest absolute Gasteiger partial charge is 0.252 e. The summed E-state index contributed by atoms with van der Waals surface area (Å²) < 4.78 is 3.05. The molecule has 0 aliphatic carbocycles. The number of amides is 2. The number of thioether (sulfide) groups is 1. The molecule has 0 bridgehead atoms. The molecule has 7 nitrogen and oxygen atoms in total. The van der Waals surface area contributed by atoms with Gasteiger partial charge in [0.25, 0.3) is 5.91 Å². The Balaban J connectivity index is 1.64. The Labute approximate surface area is 205 Å². The zero-order chi connectivity index (χ0) is 23.3. The second-order valence-corrected chi connectivity index (χ2v) is 9.58. The van der Waals surface area contributed by atoms with Gasteiger partial charge in [0.1, 0.15) is 0 Å². The molecule has 0 saturated carbocycles. The highest BCUT2D eigenvalue weighted by Gasteiger charge is 2.20. The summed E-state index contributed by atoms with van der Waals surface area (Å²) in [5, 5.41) is 15.1. The number of hydrogen-bond acceptors (Lipinski definition) is 5. The first kappa shape index (κ1) is 24.2. The minimum Gasteiger partial charge on any atom is -0.342 e. The lowest BCUT2D eigenvalue weighted by Crippen LogP contribution is -2.29. The van der Waals surface area contributed by atoms with Crippen LogP contribution in [0.4, 0.5) is 5.69 Å². The van der Waals surface area contributed by atoms with E-state index in [0.29, 0.717) is 23.1 Å². The molecule has 2 N–H and O–H groups in total. The van der Waals surface area contributed by atoms with Crippen LogP contribution < -0.4 is 10.6 Å². The van der Waals surface area contributed by atoms with E-state index in [2.05, 4.69) is 43.4 Å². The Morgan fingerprint density at radius 3 is 2.56 bits per heavy atom.